The fourth-order valence-corrected chi connectivity index (χ4v) is 2.59. The number of aliphatic imine (C=N–C) groups is 1. The zero-order valence-electron chi connectivity index (χ0n) is 16.2. The van der Waals surface area contributed by atoms with Crippen molar-refractivity contribution >= 4 is 29.9 Å². The minimum Gasteiger partial charge on any atom is -0.357 e. The Labute approximate surface area is 171 Å². The maximum atomic E-state index is 12.2. The summed E-state index contributed by atoms with van der Waals surface area (Å²) in [7, 11) is 3.82. The fourth-order valence-electron chi connectivity index (χ4n) is 2.59. The van der Waals surface area contributed by atoms with Crippen LogP contribution in [0.25, 0.3) is 0 Å². The SMILES string of the molecule is CCNC(=NCCCCC(F)(F)F)N(C)Cc1cn(C)nc1C(C)C.I. The van der Waals surface area contributed by atoms with Crippen molar-refractivity contribution in [3.8, 4) is 0 Å². The molecule has 152 valence electrons. The molecule has 0 aromatic carbocycles. The van der Waals surface area contributed by atoms with Crippen molar-refractivity contribution in [1.29, 1.82) is 0 Å². The van der Waals surface area contributed by atoms with Gasteiger partial charge in [-0.15, -0.1) is 24.0 Å². The van der Waals surface area contributed by atoms with Crippen LogP contribution >= 0.6 is 24.0 Å². The van der Waals surface area contributed by atoms with E-state index in [0.717, 1.165) is 11.3 Å². The number of nitrogens with zero attached hydrogens (tertiary/aromatic N) is 4. The fraction of sp³-hybridized carbons (Fsp3) is 0.765. The van der Waals surface area contributed by atoms with Crippen LogP contribution in [0.1, 0.15) is 57.2 Å². The van der Waals surface area contributed by atoms with Gasteiger partial charge in [0.2, 0.25) is 0 Å². The molecule has 0 unspecified atom stereocenters. The highest BCUT2D eigenvalue weighted by Crippen LogP contribution is 2.22. The maximum absolute atomic E-state index is 12.2. The largest absolute Gasteiger partial charge is 0.389 e. The number of rotatable bonds is 8. The van der Waals surface area contributed by atoms with Gasteiger partial charge in [0, 0.05) is 51.9 Å². The van der Waals surface area contributed by atoms with Crippen LogP contribution in [0.15, 0.2) is 11.2 Å². The van der Waals surface area contributed by atoms with Crippen molar-refractivity contribution in [2.24, 2.45) is 12.0 Å². The number of halogens is 4. The lowest BCUT2D eigenvalue weighted by Gasteiger charge is -2.22. The molecule has 0 spiro atoms. The zero-order valence-corrected chi connectivity index (χ0v) is 18.6. The Morgan fingerprint density at radius 1 is 1.35 bits per heavy atom. The molecule has 1 aromatic rings. The van der Waals surface area contributed by atoms with Gasteiger partial charge in [0.1, 0.15) is 0 Å². The third kappa shape index (κ3) is 9.09. The van der Waals surface area contributed by atoms with Gasteiger partial charge in [0.25, 0.3) is 0 Å². The van der Waals surface area contributed by atoms with Crippen LogP contribution in [0.5, 0.6) is 0 Å². The summed E-state index contributed by atoms with van der Waals surface area (Å²) in [6, 6.07) is 0. The second kappa shape index (κ2) is 11.7. The van der Waals surface area contributed by atoms with Crippen molar-refractivity contribution in [2.75, 3.05) is 20.1 Å². The van der Waals surface area contributed by atoms with Crippen molar-refractivity contribution in [2.45, 2.75) is 58.7 Å². The molecule has 0 aliphatic rings. The van der Waals surface area contributed by atoms with Crippen LogP contribution in [0.4, 0.5) is 13.2 Å². The number of alkyl halides is 3. The number of unbranched alkanes of at least 4 members (excludes halogenated alkanes) is 1. The van der Waals surface area contributed by atoms with Gasteiger partial charge < -0.3 is 10.2 Å². The van der Waals surface area contributed by atoms with Crippen LogP contribution < -0.4 is 5.32 Å². The van der Waals surface area contributed by atoms with Gasteiger partial charge in [0.15, 0.2) is 5.96 Å². The van der Waals surface area contributed by atoms with Gasteiger partial charge in [-0.1, -0.05) is 13.8 Å². The van der Waals surface area contributed by atoms with Crippen LogP contribution in [0.2, 0.25) is 0 Å². The molecule has 1 N–H and O–H groups in total. The Balaban J connectivity index is 0.00000625. The van der Waals surface area contributed by atoms with Gasteiger partial charge in [-0.3, -0.25) is 9.67 Å². The summed E-state index contributed by atoms with van der Waals surface area (Å²) in [4.78, 5) is 6.43. The van der Waals surface area contributed by atoms with Gasteiger partial charge in [-0.25, -0.2) is 0 Å². The molecule has 26 heavy (non-hydrogen) atoms. The molecule has 1 rings (SSSR count). The van der Waals surface area contributed by atoms with Gasteiger partial charge in [-0.2, -0.15) is 18.3 Å². The van der Waals surface area contributed by atoms with Crippen LogP contribution in [-0.2, 0) is 13.6 Å². The molecule has 0 aliphatic heterocycles. The monoisotopic (exact) mass is 489 g/mol. The lowest BCUT2D eigenvalue weighted by molar-refractivity contribution is -0.135. The van der Waals surface area contributed by atoms with Crippen LogP contribution in [0, 0.1) is 0 Å². The van der Waals surface area contributed by atoms with Crippen molar-refractivity contribution in [3.63, 3.8) is 0 Å². The predicted molar refractivity (Wildman–Crippen MR) is 110 cm³/mol. The smallest absolute Gasteiger partial charge is 0.357 e. The lowest BCUT2D eigenvalue weighted by Crippen LogP contribution is -2.38. The number of hydrogen-bond donors (Lipinski definition) is 1. The van der Waals surface area contributed by atoms with E-state index in [1.807, 2.05) is 32.1 Å². The normalized spacial score (nSPS) is 12.3. The van der Waals surface area contributed by atoms with Gasteiger partial charge in [0.05, 0.1) is 5.69 Å². The second-order valence-electron chi connectivity index (χ2n) is 6.53. The van der Waals surface area contributed by atoms with Crippen LogP contribution in [0.3, 0.4) is 0 Å². The zero-order chi connectivity index (χ0) is 19.0. The molecule has 0 fully saturated rings. The summed E-state index contributed by atoms with van der Waals surface area (Å²) in [6.07, 6.45) is -2.30. The Bertz CT molecular complexity index is 555. The quantitative estimate of drug-likeness (QED) is 0.257. The number of guanidine groups is 1. The molecule has 0 bridgehead atoms. The lowest BCUT2D eigenvalue weighted by atomic mass is 10.1. The summed E-state index contributed by atoms with van der Waals surface area (Å²) < 4.78 is 38.3. The van der Waals surface area contributed by atoms with E-state index in [0.29, 0.717) is 37.9 Å². The number of aryl methyl sites for hydroxylation is 1. The summed E-state index contributed by atoms with van der Waals surface area (Å²) >= 11 is 0. The second-order valence-corrected chi connectivity index (χ2v) is 6.53. The number of aromatic nitrogens is 2. The summed E-state index contributed by atoms with van der Waals surface area (Å²) in [6.45, 7) is 7.91. The maximum Gasteiger partial charge on any atom is 0.389 e. The first-order valence-electron chi connectivity index (χ1n) is 8.72. The summed E-state index contributed by atoms with van der Waals surface area (Å²) in [5.41, 5.74) is 2.18. The minimum absolute atomic E-state index is 0. The highest BCUT2D eigenvalue weighted by atomic mass is 127. The Kier molecular flexibility index (Phi) is 11.2. The van der Waals surface area contributed by atoms with E-state index >= 15 is 0 Å². The average Bonchev–Trinajstić information content (AvgIpc) is 2.85. The highest BCUT2D eigenvalue weighted by molar-refractivity contribution is 14.0. The molecule has 0 amide bonds. The first kappa shape index (κ1) is 25.0. The van der Waals surface area contributed by atoms with E-state index in [2.05, 4.69) is 29.3 Å². The van der Waals surface area contributed by atoms with E-state index < -0.39 is 12.6 Å². The molecule has 0 atom stereocenters. The van der Waals surface area contributed by atoms with Crippen molar-refractivity contribution in [3.05, 3.63) is 17.5 Å². The highest BCUT2D eigenvalue weighted by Gasteiger charge is 2.25. The molecular weight excluding hydrogens is 458 g/mol. The van der Waals surface area contributed by atoms with E-state index in [9.17, 15) is 13.2 Å². The molecular formula is C17H31F3IN5. The average molecular weight is 489 g/mol. The molecule has 0 radical (unpaired) electrons. The van der Waals surface area contributed by atoms with Crippen LogP contribution in [-0.4, -0.2) is 47.0 Å². The molecule has 1 aromatic heterocycles. The topological polar surface area (TPSA) is 45.5 Å². The molecule has 9 heteroatoms. The standard InChI is InChI=1S/C17H30F3N5.HI/c1-6-21-16(22-10-8-7-9-17(18,19)20)24(4)11-14-12-25(5)23-15(14)13(2)3;/h12-13H,6-11H2,1-5H3,(H,21,22);1H. The minimum atomic E-state index is -4.08. The van der Waals surface area contributed by atoms with Crippen molar-refractivity contribution in [1.82, 2.24) is 20.0 Å². The van der Waals surface area contributed by atoms with Gasteiger partial charge in [-0.05, 0) is 25.7 Å². The number of hydrogen-bond acceptors (Lipinski definition) is 2. The summed E-state index contributed by atoms with van der Waals surface area (Å²) in [5.74, 6) is 1.03. The van der Waals surface area contributed by atoms with E-state index in [1.54, 1.807) is 4.68 Å². The molecule has 0 saturated carbocycles. The molecule has 0 aliphatic carbocycles. The van der Waals surface area contributed by atoms with E-state index in [1.165, 1.54) is 0 Å². The van der Waals surface area contributed by atoms with E-state index in [-0.39, 0.29) is 30.4 Å². The Morgan fingerprint density at radius 2 is 2.00 bits per heavy atom. The predicted octanol–water partition coefficient (Wildman–Crippen LogP) is 4.29. The van der Waals surface area contributed by atoms with Crippen molar-refractivity contribution < 1.29 is 13.2 Å². The molecule has 1 heterocycles. The van der Waals surface area contributed by atoms with Gasteiger partial charge >= 0.3 is 6.18 Å². The Hall–Kier alpha value is -1.00. The number of nitrogens with one attached hydrogen (secondary N) is 1. The first-order chi connectivity index (χ1) is 11.6. The molecule has 5 nitrogen and oxygen atoms in total. The third-order valence-corrected chi connectivity index (χ3v) is 3.72. The summed E-state index contributed by atoms with van der Waals surface area (Å²) in [5, 5.41) is 7.69. The van der Waals surface area contributed by atoms with E-state index in [4.69, 9.17) is 0 Å². The Morgan fingerprint density at radius 3 is 2.54 bits per heavy atom. The first-order valence-corrected chi connectivity index (χ1v) is 8.72. The molecule has 0 saturated heterocycles. The third-order valence-electron chi connectivity index (χ3n) is 3.72.